The number of ether oxygens (including phenoxy) is 1. The topological polar surface area (TPSA) is 68.5 Å². The standard InChI is InChI=1S/C19H16FN3O3/c1-25-16-8-3-2-7-15(16)19-21-18(22-26-19)12-9-17(24)23(11-12)14-6-4-5-13(20)10-14/h2-8,10,12H,9,11H2,1H3. The summed E-state index contributed by atoms with van der Waals surface area (Å²) in [5.74, 6) is 0.748. The van der Waals surface area contributed by atoms with Crippen LogP contribution >= 0.6 is 0 Å². The van der Waals surface area contributed by atoms with Gasteiger partial charge in [0.2, 0.25) is 5.91 Å². The van der Waals surface area contributed by atoms with Gasteiger partial charge in [-0.25, -0.2) is 4.39 Å². The first-order valence-corrected chi connectivity index (χ1v) is 8.18. The molecule has 4 rings (SSSR count). The van der Waals surface area contributed by atoms with Gasteiger partial charge in [0.15, 0.2) is 5.82 Å². The lowest BCUT2D eigenvalue weighted by Crippen LogP contribution is -2.24. The van der Waals surface area contributed by atoms with Gasteiger partial charge in [-0.2, -0.15) is 4.98 Å². The van der Waals surface area contributed by atoms with Crippen LogP contribution in [0.15, 0.2) is 53.1 Å². The molecular formula is C19H16FN3O3. The van der Waals surface area contributed by atoms with Crippen molar-refractivity contribution in [1.29, 1.82) is 0 Å². The second kappa shape index (κ2) is 6.59. The van der Waals surface area contributed by atoms with E-state index in [1.807, 2.05) is 24.3 Å². The van der Waals surface area contributed by atoms with Crippen LogP contribution in [0.25, 0.3) is 11.5 Å². The summed E-state index contributed by atoms with van der Waals surface area (Å²) in [5.41, 5.74) is 1.23. The highest BCUT2D eigenvalue weighted by Crippen LogP contribution is 2.33. The number of para-hydroxylation sites is 1. The monoisotopic (exact) mass is 353 g/mol. The van der Waals surface area contributed by atoms with Crippen molar-refractivity contribution in [2.24, 2.45) is 0 Å². The molecule has 1 fully saturated rings. The van der Waals surface area contributed by atoms with Gasteiger partial charge >= 0.3 is 0 Å². The van der Waals surface area contributed by atoms with Crippen molar-refractivity contribution >= 4 is 11.6 Å². The zero-order valence-corrected chi connectivity index (χ0v) is 14.1. The van der Waals surface area contributed by atoms with Crippen LogP contribution in [0.4, 0.5) is 10.1 Å². The molecule has 6 nitrogen and oxygen atoms in total. The van der Waals surface area contributed by atoms with Gasteiger partial charge in [-0.1, -0.05) is 23.4 Å². The minimum Gasteiger partial charge on any atom is -0.496 e. The van der Waals surface area contributed by atoms with Gasteiger partial charge < -0.3 is 14.2 Å². The van der Waals surface area contributed by atoms with Crippen LogP contribution in [0.5, 0.6) is 5.75 Å². The summed E-state index contributed by atoms with van der Waals surface area (Å²) in [5, 5.41) is 4.04. The van der Waals surface area contributed by atoms with Crippen LogP contribution in [0, 0.1) is 5.82 Å². The van der Waals surface area contributed by atoms with Gasteiger partial charge in [-0.3, -0.25) is 4.79 Å². The second-order valence-electron chi connectivity index (χ2n) is 6.04. The highest BCUT2D eigenvalue weighted by atomic mass is 19.1. The van der Waals surface area contributed by atoms with Crippen LogP contribution in [0.3, 0.4) is 0 Å². The minimum absolute atomic E-state index is 0.0933. The summed E-state index contributed by atoms with van der Waals surface area (Å²) in [6.07, 6.45) is 0.251. The number of nitrogens with zero attached hydrogens (tertiary/aromatic N) is 3. The number of aromatic nitrogens is 2. The number of carbonyl (C=O) groups is 1. The lowest BCUT2D eigenvalue weighted by atomic mass is 10.1. The van der Waals surface area contributed by atoms with Gasteiger partial charge in [0.1, 0.15) is 11.6 Å². The Morgan fingerprint density at radius 2 is 2.08 bits per heavy atom. The number of amides is 1. The fourth-order valence-electron chi connectivity index (χ4n) is 3.11. The summed E-state index contributed by atoms with van der Waals surface area (Å²) in [6, 6.07) is 13.3. The summed E-state index contributed by atoms with van der Waals surface area (Å²) in [4.78, 5) is 18.3. The van der Waals surface area contributed by atoms with Gasteiger partial charge in [0.25, 0.3) is 5.89 Å². The van der Waals surface area contributed by atoms with Gasteiger partial charge in [-0.05, 0) is 30.3 Å². The molecule has 2 aromatic carbocycles. The van der Waals surface area contributed by atoms with Crippen LogP contribution < -0.4 is 9.64 Å². The number of methoxy groups -OCH3 is 1. The quantitative estimate of drug-likeness (QED) is 0.719. The Hall–Kier alpha value is -3.22. The van der Waals surface area contributed by atoms with E-state index in [0.29, 0.717) is 35.3 Å². The van der Waals surface area contributed by atoms with E-state index in [4.69, 9.17) is 9.26 Å². The predicted octanol–water partition coefficient (Wildman–Crippen LogP) is 3.40. The Labute approximate surface area is 149 Å². The highest BCUT2D eigenvalue weighted by molar-refractivity contribution is 5.96. The minimum atomic E-state index is -0.378. The van der Waals surface area contributed by atoms with Crippen molar-refractivity contribution in [2.75, 3.05) is 18.6 Å². The Morgan fingerprint density at radius 1 is 1.23 bits per heavy atom. The maximum atomic E-state index is 13.4. The molecule has 0 bridgehead atoms. The Morgan fingerprint density at radius 3 is 2.88 bits per heavy atom. The van der Waals surface area contributed by atoms with E-state index in [1.165, 1.54) is 12.1 Å². The molecule has 0 aliphatic carbocycles. The van der Waals surface area contributed by atoms with E-state index in [1.54, 1.807) is 24.1 Å². The smallest absolute Gasteiger partial charge is 0.261 e. The van der Waals surface area contributed by atoms with Crippen LogP contribution in [-0.2, 0) is 4.79 Å². The molecule has 0 saturated carbocycles. The molecule has 3 aromatic rings. The number of halogens is 1. The molecule has 1 atom stereocenters. The number of rotatable bonds is 4. The largest absolute Gasteiger partial charge is 0.496 e. The Balaban J connectivity index is 1.58. The first kappa shape index (κ1) is 16.3. The lowest BCUT2D eigenvalue weighted by molar-refractivity contribution is -0.117. The molecule has 1 aromatic heterocycles. The van der Waals surface area contributed by atoms with Crippen LogP contribution in [-0.4, -0.2) is 29.7 Å². The summed E-state index contributed by atoms with van der Waals surface area (Å²) < 4.78 is 24.1. The third-order valence-electron chi connectivity index (χ3n) is 4.39. The first-order chi connectivity index (χ1) is 12.7. The van der Waals surface area contributed by atoms with E-state index in [0.717, 1.165) is 0 Å². The van der Waals surface area contributed by atoms with Crippen LogP contribution in [0.2, 0.25) is 0 Å². The molecule has 26 heavy (non-hydrogen) atoms. The van der Waals surface area contributed by atoms with Crippen molar-refractivity contribution in [2.45, 2.75) is 12.3 Å². The third-order valence-corrected chi connectivity index (χ3v) is 4.39. The number of hydrogen-bond donors (Lipinski definition) is 0. The number of anilines is 1. The average molecular weight is 353 g/mol. The third kappa shape index (κ3) is 2.92. The van der Waals surface area contributed by atoms with Crippen molar-refractivity contribution in [1.82, 2.24) is 10.1 Å². The highest BCUT2D eigenvalue weighted by Gasteiger charge is 2.35. The maximum absolute atomic E-state index is 13.4. The normalized spacial score (nSPS) is 16.9. The van der Waals surface area contributed by atoms with Gasteiger partial charge in [0.05, 0.1) is 12.7 Å². The zero-order chi connectivity index (χ0) is 18.1. The summed E-state index contributed by atoms with van der Waals surface area (Å²) >= 11 is 0. The maximum Gasteiger partial charge on any atom is 0.261 e. The number of carbonyl (C=O) groups excluding carboxylic acids is 1. The van der Waals surface area contributed by atoms with E-state index < -0.39 is 0 Å². The molecule has 1 unspecified atom stereocenters. The molecule has 1 saturated heterocycles. The molecule has 2 heterocycles. The molecule has 7 heteroatoms. The fraction of sp³-hybridized carbons (Fsp3) is 0.211. The molecule has 1 aliphatic heterocycles. The summed E-state index contributed by atoms with van der Waals surface area (Å²) in [7, 11) is 1.57. The summed E-state index contributed by atoms with van der Waals surface area (Å²) in [6.45, 7) is 0.382. The van der Waals surface area contributed by atoms with E-state index >= 15 is 0 Å². The van der Waals surface area contributed by atoms with E-state index in [-0.39, 0.29) is 24.1 Å². The van der Waals surface area contributed by atoms with Crippen molar-refractivity contribution < 1.29 is 18.4 Å². The second-order valence-corrected chi connectivity index (χ2v) is 6.04. The van der Waals surface area contributed by atoms with E-state index in [9.17, 15) is 9.18 Å². The zero-order valence-electron chi connectivity index (χ0n) is 14.1. The number of benzene rings is 2. The van der Waals surface area contributed by atoms with Crippen molar-refractivity contribution in [3.63, 3.8) is 0 Å². The predicted molar refractivity (Wildman–Crippen MR) is 92.4 cm³/mol. The Bertz CT molecular complexity index is 956. The first-order valence-electron chi connectivity index (χ1n) is 8.18. The fourth-order valence-corrected chi connectivity index (χ4v) is 3.11. The molecule has 0 N–H and O–H groups in total. The van der Waals surface area contributed by atoms with E-state index in [2.05, 4.69) is 10.1 Å². The SMILES string of the molecule is COc1ccccc1-c1nc(C2CC(=O)N(c3cccc(F)c3)C2)no1. The lowest BCUT2D eigenvalue weighted by Gasteiger charge is -2.15. The average Bonchev–Trinajstić information content (AvgIpc) is 3.28. The molecule has 1 aliphatic rings. The molecular weight excluding hydrogens is 337 g/mol. The molecule has 0 radical (unpaired) electrons. The van der Waals surface area contributed by atoms with Crippen molar-refractivity contribution in [3.8, 4) is 17.2 Å². The number of hydrogen-bond acceptors (Lipinski definition) is 5. The van der Waals surface area contributed by atoms with Gasteiger partial charge in [-0.15, -0.1) is 0 Å². The molecule has 1 amide bonds. The Kier molecular flexibility index (Phi) is 4.12. The molecule has 0 spiro atoms. The molecule has 132 valence electrons. The van der Waals surface area contributed by atoms with Crippen LogP contribution in [0.1, 0.15) is 18.2 Å². The van der Waals surface area contributed by atoms with Crippen molar-refractivity contribution in [3.05, 3.63) is 60.2 Å². The van der Waals surface area contributed by atoms with Gasteiger partial charge in [0, 0.05) is 24.6 Å².